The van der Waals surface area contributed by atoms with Gasteiger partial charge in [-0.1, -0.05) is 23.7 Å². The number of nitrogens with zero attached hydrogens (tertiary/aromatic N) is 6. The van der Waals surface area contributed by atoms with Crippen molar-refractivity contribution in [1.82, 2.24) is 30.1 Å². The number of nitrogens with two attached hydrogens (primary N) is 1. The molecule has 1 saturated heterocycles. The topological polar surface area (TPSA) is 110 Å². The van der Waals surface area contributed by atoms with E-state index in [9.17, 15) is 0 Å². The molecule has 8 nitrogen and oxygen atoms in total. The van der Waals surface area contributed by atoms with E-state index in [-0.39, 0.29) is 5.41 Å². The van der Waals surface area contributed by atoms with Gasteiger partial charge in [0, 0.05) is 53.3 Å². The van der Waals surface area contributed by atoms with Gasteiger partial charge in [-0.15, -0.1) is 11.3 Å². The zero-order valence-corrected chi connectivity index (χ0v) is 20.6. The molecule has 1 aliphatic carbocycles. The third-order valence-corrected chi connectivity index (χ3v) is 9.21. The fourth-order valence-electron chi connectivity index (χ4n) is 5.94. The molecule has 176 valence electrons. The van der Waals surface area contributed by atoms with Crippen molar-refractivity contribution in [2.75, 3.05) is 24.5 Å². The number of aromatic nitrogens is 6. The summed E-state index contributed by atoms with van der Waals surface area (Å²) in [5.41, 5.74) is 11.3. The maximum atomic E-state index is 6.37. The number of hydrogen-bond acceptors (Lipinski definition) is 8. The van der Waals surface area contributed by atoms with Gasteiger partial charge in [0.05, 0.1) is 22.4 Å². The number of piperidine rings is 1. The molecule has 0 amide bonds. The van der Waals surface area contributed by atoms with Crippen LogP contribution in [0, 0.1) is 18.8 Å². The average molecular weight is 503 g/mol. The quantitative estimate of drug-likeness (QED) is 0.376. The first kappa shape index (κ1) is 21.2. The summed E-state index contributed by atoms with van der Waals surface area (Å²) in [5, 5.41) is 12.5. The predicted octanol–water partition coefficient (Wildman–Crippen LogP) is 4.34. The molecular formula is C25H23ClN8S. The molecule has 1 saturated carbocycles. The Morgan fingerprint density at radius 2 is 2.11 bits per heavy atom. The van der Waals surface area contributed by atoms with Crippen LogP contribution in [0.5, 0.6) is 0 Å². The molecule has 4 aromatic heterocycles. The van der Waals surface area contributed by atoms with E-state index in [1.165, 1.54) is 5.01 Å². The number of anilines is 1. The summed E-state index contributed by atoms with van der Waals surface area (Å²) in [6, 6.07) is 7.74. The van der Waals surface area contributed by atoms with E-state index < -0.39 is 0 Å². The highest BCUT2D eigenvalue weighted by Crippen LogP contribution is 2.63. The Kier molecular flexibility index (Phi) is 4.64. The Labute approximate surface area is 210 Å². The van der Waals surface area contributed by atoms with Gasteiger partial charge in [0.25, 0.3) is 0 Å². The Bertz CT molecular complexity index is 1600. The number of rotatable bonds is 4. The molecule has 5 aromatic rings. The zero-order valence-electron chi connectivity index (χ0n) is 19.1. The molecule has 1 aromatic carbocycles. The summed E-state index contributed by atoms with van der Waals surface area (Å²) in [5.74, 6) is 1.94. The second-order valence-corrected chi connectivity index (χ2v) is 10.7. The predicted molar refractivity (Wildman–Crippen MR) is 139 cm³/mol. The van der Waals surface area contributed by atoms with Gasteiger partial charge in [0.1, 0.15) is 16.3 Å². The van der Waals surface area contributed by atoms with Crippen molar-refractivity contribution in [2.45, 2.75) is 18.8 Å². The highest BCUT2D eigenvalue weighted by atomic mass is 35.5. The molecule has 0 spiro atoms. The summed E-state index contributed by atoms with van der Waals surface area (Å²) < 4.78 is 0. The molecule has 3 N–H and O–H groups in total. The third kappa shape index (κ3) is 3.05. The molecule has 35 heavy (non-hydrogen) atoms. The van der Waals surface area contributed by atoms with Crippen LogP contribution in [0.1, 0.15) is 17.1 Å². The summed E-state index contributed by atoms with van der Waals surface area (Å²) in [4.78, 5) is 21.2. The van der Waals surface area contributed by atoms with Crippen LogP contribution < -0.4 is 10.6 Å². The number of benzene rings is 1. The number of pyridine rings is 1. The molecular weight excluding hydrogens is 480 g/mol. The first-order valence-corrected chi connectivity index (χ1v) is 13.0. The molecule has 3 atom stereocenters. The van der Waals surface area contributed by atoms with Crippen LogP contribution in [-0.4, -0.2) is 49.8 Å². The van der Waals surface area contributed by atoms with Crippen molar-refractivity contribution < 1.29 is 0 Å². The monoisotopic (exact) mass is 502 g/mol. The average Bonchev–Trinajstić information content (AvgIpc) is 3.13. The molecule has 10 heteroatoms. The first-order chi connectivity index (χ1) is 17.1. The van der Waals surface area contributed by atoms with Crippen LogP contribution in [0.15, 0.2) is 42.0 Å². The van der Waals surface area contributed by atoms with E-state index in [1.54, 1.807) is 17.5 Å². The number of nitrogens with one attached hydrogen (secondary N) is 1. The van der Waals surface area contributed by atoms with E-state index in [0.29, 0.717) is 29.1 Å². The SMILES string of the molecule is Cc1csc(C2(CN)C3CCN(c4cnc5c(-c6ccc(Cl)c7ncccc67)[nH]nc5n4)CC32)n1. The Balaban J connectivity index is 1.21. The van der Waals surface area contributed by atoms with Gasteiger partial charge >= 0.3 is 0 Å². The minimum atomic E-state index is 0.00832. The standard InChI is InChI=1S/C25H23ClN8S/c1-13-11-35-24(30-13)25(12-27)16-6-8-34(10-17(16)25)19-9-29-22-21(32-33-23(22)31-19)15-4-5-18(26)20-14(15)3-2-7-28-20/h2-5,7,9,11,16-17H,6,8,10,12,27H2,1H3,(H,31,32,33). The van der Waals surface area contributed by atoms with E-state index in [0.717, 1.165) is 58.7 Å². The summed E-state index contributed by atoms with van der Waals surface area (Å²) >= 11 is 8.11. The second kappa shape index (κ2) is 7.68. The van der Waals surface area contributed by atoms with Crippen LogP contribution in [0.3, 0.4) is 0 Å². The second-order valence-electron chi connectivity index (χ2n) is 9.48. The highest BCUT2D eigenvalue weighted by molar-refractivity contribution is 7.09. The maximum Gasteiger partial charge on any atom is 0.202 e. The molecule has 2 aliphatic rings. The zero-order chi connectivity index (χ0) is 23.7. The van der Waals surface area contributed by atoms with Gasteiger partial charge in [-0.2, -0.15) is 5.10 Å². The molecule has 2 fully saturated rings. The van der Waals surface area contributed by atoms with Crippen LogP contribution in [0.4, 0.5) is 5.82 Å². The van der Waals surface area contributed by atoms with Crippen molar-refractivity contribution in [1.29, 1.82) is 0 Å². The minimum absolute atomic E-state index is 0.00832. The number of thiazole rings is 1. The fraction of sp³-hybridized carbons (Fsp3) is 0.320. The van der Waals surface area contributed by atoms with Crippen molar-refractivity contribution in [3.63, 3.8) is 0 Å². The number of hydrogen-bond donors (Lipinski definition) is 2. The smallest absolute Gasteiger partial charge is 0.202 e. The van der Waals surface area contributed by atoms with Crippen LogP contribution in [-0.2, 0) is 5.41 Å². The molecule has 7 rings (SSSR count). The highest BCUT2D eigenvalue weighted by Gasteiger charge is 2.67. The maximum absolute atomic E-state index is 6.37. The lowest BCUT2D eigenvalue weighted by Gasteiger charge is -2.26. The molecule has 3 unspecified atom stereocenters. The normalized spacial score (nSPS) is 23.7. The fourth-order valence-corrected chi connectivity index (χ4v) is 7.29. The number of aromatic amines is 1. The van der Waals surface area contributed by atoms with Gasteiger partial charge in [-0.3, -0.25) is 10.1 Å². The van der Waals surface area contributed by atoms with Crippen LogP contribution in [0.25, 0.3) is 33.3 Å². The van der Waals surface area contributed by atoms with Gasteiger partial charge in [0.2, 0.25) is 5.65 Å². The van der Waals surface area contributed by atoms with E-state index >= 15 is 0 Å². The Hall–Kier alpha value is -3.14. The number of H-pyrrole nitrogens is 1. The van der Waals surface area contributed by atoms with Crippen molar-refractivity contribution >= 4 is 50.8 Å². The van der Waals surface area contributed by atoms with E-state index in [1.807, 2.05) is 30.5 Å². The number of aryl methyl sites for hydroxylation is 1. The van der Waals surface area contributed by atoms with Crippen LogP contribution in [0.2, 0.25) is 5.02 Å². The van der Waals surface area contributed by atoms with Crippen molar-refractivity contribution in [3.8, 4) is 11.3 Å². The third-order valence-electron chi connectivity index (χ3n) is 7.75. The lowest BCUT2D eigenvalue weighted by Crippen LogP contribution is -2.32. The van der Waals surface area contributed by atoms with Crippen molar-refractivity contribution in [3.05, 3.63) is 57.8 Å². The minimum Gasteiger partial charge on any atom is -0.355 e. The summed E-state index contributed by atoms with van der Waals surface area (Å²) in [6.07, 6.45) is 4.68. The number of fused-ring (bicyclic) bond motifs is 3. The lowest BCUT2D eigenvalue weighted by atomic mass is 10.0. The summed E-state index contributed by atoms with van der Waals surface area (Å²) in [6.45, 7) is 4.53. The molecule has 0 bridgehead atoms. The van der Waals surface area contributed by atoms with E-state index in [4.69, 9.17) is 32.3 Å². The van der Waals surface area contributed by atoms with E-state index in [2.05, 4.69) is 32.4 Å². The lowest BCUT2D eigenvalue weighted by molar-refractivity contribution is 0.545. The molecule has 5 heterocycles. The van der Waals surface area contributed by atoms with Gasteiger partial charge in [0.15, 0.2) is 0 Å². The van der Waals surface area contributed by atoms with Crippen LogP contribution >= 0.6 is 22.9 Å². The number of halogens is 1. The first-order valence-electron chi connectivity index (χ1n) is 11.7. The summed E-state index contributed by atoms with van der Waals surface area (Å²) in [7, 11) is 0. The largest absolute Gasteiger partial charge is 0.355 e. The molecule has 0 radical (unpaired) electrons. The Morgan fingerprint density at radius 3 is 2.94 bits per heavy atom. The van der Waals surface area contributed by atoms with Gasteiger partial charge in [-0.05, 0) is 37.3 Å². The molecule has 1 aliphatic heterocycles. The van der Waals surface area contributed by atoms with Gasteiger partial charge in [-0.25, -0.2) is 15.0 Å². The Morgan fingerprint density at radius 1 is 1.20 bits per heavy atom. The van der Waals surface area contributed by atoms with Gasteiger partial charge < -0.3 is 10.6 Å². The van der Waals surface area contributed by atoms with Crippen molar-refractivity contribution in [2.24, 2.45) is 17.6 Å².